The maximum Gasteiger partial charge on any atom is 1.00 e. The van der Waals surface area contributed by atoms with Crippen molar-refractivity contribution < 1.29 is 279 Å². The van der Waals surface area contributed by atoms with Crippen molar-refractivity contribution in [1.29, 1.82) is 0 Å². The smallest absolute Gasteiger partial charge is 0.562 e. The zero-order chi connectivity index (χ0) is 58.3. The van der Waals surface area contributed by atoms with Crippen LogP contribution >= 0.6 is 27.7 Å². The van der Waals surface area contributed by atoms with Crippen LogP contribution in [0.4, 0.5) is 0 Å². The number of hydrogen-bond acceptors (Lipinski definition) is 24. The Morgan fingerprint density at radius 3 is 0.608 bits per heavy atom. The summed E-state index contributed by atoms with van der Waals surface area (Å²) in [5.41, 5.74) is 0. The number of rotatable bonds is 46. The third-order valence-electron chi connectivity index (χ3n) is 7.90. The molecule has 0 atom stereocenters. The maximum absolute atomic E-state index is 11.6. The van der Waals surface area contributed by atoms with Gasteiger partial charge in [0, 0.05) is 38.5 Å². The first-order valence-corrected chi connectivity index (χ1v) is 26.9. The van der Waals surface area contributed by atoms with Crippen molar-refractivity contribution in [3.05, 3.63) is 0 Å². The minimum Gasteiger partial charge on any atom is -0.562 e. The van der Waals surface area contributed by atoms with Crippen molar-refractivity contribution in [3.8, 4) is 0 Å². The second-order valence-corrected chi connectivity index (χ2v) is 13.7. The van der Waals surface area contributed by atoms with Crippen LogP contribution in [0.2, 0.25) is 0 Å². The van der Waals surface area contributed by atoms with Crippen LogP contribution in [0, 0.1) is 0 Å². The van der Waals surface area contributed by atoms with Gasteiger partial charge in [-0.2, -0.15) is 20.0 Å². The molecule has 0 saturated heterocycles. The number of ether oxygens (including phenoxy) is 12. The normalized spacial score (nSPS) is 9.34. The molecule has 0 bridgehead atoms. The summed E-state index contributed by atoms with van der Waals surface area (Å²) in [6.07, 6.45) is 4.52. The SMILES string of the molecule is C[PH-].C[PH-].C[PH-].O=C(O)CCC(=O)OCCOCCOC(=O)CCCCC(=O)OCCOCCOC(=O)CCC(=O)O.O=[C-]CCC(=O)OCCOCCOC(=O)CCCCC(=O)OCCOCCOC(=O)CC[C-]=O.[K+].[K+].[K+]. The van der Waals surface area contributed by atoms with Crippen molar-refractivity contribution in [3.63, 3.8) is 0 Å². The molecule has 0 unspecified atom stereocenters. The average molecular weight is 1270 g/mol. The first-order valence-electron chi connectivity index (χ1n) is 23.9. The molecule has 0 radical (unpaired) electrons. The molecular formula is C47H78K3O26P3-2. The molecule has 26 nitrogen and oxygen atoms in total. The Morgan fingerprint density at radius 2 is 0.443 bits per heavy atom. The van der Waals surface area contributed by atoms with Crippen LogP contribution < -0.4 is 154 Å². The summed E-state index contributed by atoms with van der Waals surface area (Å²) >= 11 is 0. The summed E-state index contributed by atoms with van der Waals surface area (Å²) in [5, 5.41) is 16.9. The van der Waals surface area contributed by atoms with Crippen LogP contribution in [0.25, 0.3) is 0 Å². The summed E-state index contributed by atoms with van der Waals surface area (Å²) in [6, 6.07) is 0. The van der Waals surface area contributed by atoms with E-state index in [0.29, 0.717) is 25.7 Å². The van der Waals surface area contributed by atoms with Crippen molar-refractivity contribution in [2.24, 2.45) is 0 Å². The second kappa shape index (κ2) is 80.1. The fourth-order valence-corrected chi connectivity index (χ4v) is 4.50. The number of carboxylic acids is 2. The molecule has 0 spiro atoms. The Hall–Kier alpha value is 0.0791. The van der Waals surface area contributed by atoms with Gasteiger partial charge in [-0.05, 0) is 25.7 Å². The Balaban J connectivity index is -0.000000188. The minimum atomic E-state index is -1.08. The summed E-state index contributed by atoms with van der Waals surface area (Å²) < 4.78 is 59.6. The molecular weight excluding hydrogens is 1190 g/mol. The fourth-order valence-electron chi connectivity index (χ4n) is 4.50. The largest absolute Gasteiger partial charge is 1.00 e. The van der Waals surface area contributed by atoms with Crippen LogP contribution in [0.15, 0.2) is 0 Å². The van der Waals surface area contributed by atoms with Crippen molar-refractivity contribution in [1.82, 2.24) is 0 Å². The molecule has 0 aromatic carbocycles. The molecule has 0 aliphatic rings. The summed E-state index contributed by atoms with van der Waals surface area (Å²) in [7, 11) is 8.92. The second-order valence-electron chi connectivity index (χ2n) is 13.7. The van der Waals surface area contributed by atoms with E-state index in [1.165, 1.54) is 0 Å². The molecule has 0 heterocycles. The van der Waals surface area contributed by atoms with E-state index in [-0.39, 0.29) is 337 Å². The fraction of sp³-hybridized carbons (Fsp3) is 0.745. The van der Waals surface area contributed by atoms with E-state index in [2.05, 4.69) is 27.7 Å². The van der Waals surface area contributed by atoms with Gasteiger partial charge in [-0.1, -0.05) is 0 Å². The molecule has 2 N–H and O–H groups in total. The van der Waals surface area contributed by atoms with E-state index in [9.17, 15) is 57.5 Å². The van der Waals surface area contributed by atoms with Gasteiger partial charge in [0.1, 0.15) is 52.9 Å². The molecule has 0 rings (SSSR count). The predicted molar refractivity (Wildman–Crippen MR) is 274 cm³/mol. The Labute approximate surface area is 598 Å². The minimum absolute atomic E-state index is 0. The van der Waals surface area contributed by atoms with Gasteiger partial charge < -0.3 is 104 Å². The van der Waals surface area contributed by atoms with E-state index < -0.39 is 59.7 Å². The van der Waals surface area contributed by atoms with Crippen LogP contribution in [-0.4, -0.2) is 208 Å². The Kier molecular flexibility index (Phi) is 96.8. The molecule has 0 aliphatic carbocycles. The van der Waals surface area contributed by atoms with Gasteiger partial charge >= 0.3 is 214 Å². The number of carboxylic acid groups (broad SMARTS) is 2. The van der Waals surface area contributed by atoms with Gasteiger partial charge in [0.05, 0.1) is 78.5 Å². The molecule has 0 amide bonds. The molecule has 79 heavy (non-hydrogen) atoms. The van der Waals surface area contributed by atoms with E-state index in [4.69, 9.17) is 67.1 Å². The van der Waals surface area contributed by atoms with E-state index in [0.717, 1.165) is 0 Å². The zero-order valence-corrected chi connectivity index (χ0v) is 59.2. The van der Waals surface area contributed by atoms with Gasteiger partial charge in [0.2, 0.25) is 0 Å². The number of esters is 8. The average Bonchev–Trinajstić information content (AvgIpc) is 3.41. The molecule has 0 saturated carbocycles. The molecule has 32 heteroatoms. The van der Waals surface area contributed by atoms with Gasteiger partial charge in [0.25, 0.3) is 0 Å². The molecule has 0 aromatic rings. The quantitative estimate of drug-likeness (QED) is 0.0143. The monoisotopic (exact) mass is 1270 g/mol. The first-order chi connectivity index (χ1) is 36.7. The van der Waals surface area contributed by atoms with Gasteiger partial charge in [-0.25, -0.2) is 0 Å². The van der Waals surface area contributed by atoms with Gasteiger partial charge in [-0.15, -0.1) is 12.8 Å². The Morgan fingerprint density at radius 1 is 0.278 bits per heavy atom. The van der Waals surface area contributed by atoms with E-state index in [1.54, 1.807) is 32.6 Å². The first kappa shape index (κ1) is 95.4. The van der Waals surface area contributed by atoms with Crippen molar-refractivity contribution in [2.75, 3.05) is 126 Å². The number of hydrogen-bond donors (Lipinski definition) is 2. The third-order valence-corrected chi connectivity index (χ3v) is 7.90. The molecule has 0 fully saturated rings. The predicted octanol–water partition coefficient (Wildman–Crippen LogP) is -5.70. The van der Waals surface area contributed by atoms with Crippen molar-refractivity contribution in [2.45, 2.75) is 103 Å². The number of carbonyl (C=O) groups excluding carboxylic acids is 10. The molecule has 442 valence electrons. The van der Waals surface area contributed by atoms with Gasteiger partial charge in [-0.3, -0.25) is 60.5 Å². The number of carbonyl (C=O) groups is 10. The van der Waals surface area contributed by atoms with Crippen LogP contribution in [-0.2, 0) is 114 Å². The van der Waals surface area contributed by atoms with E-state index >= 15 is 0 Å². The topological polar surface area (TPSA) is 356 Å². The Bertz CT molecular complexity index is 1440. The van der Waals surface area contributed by atoms with Crippen LogP contribution in [0.3, 0.4) is 0 Å². The number of unbranched alkanes of at least 4 members (excludes halogenated alkanes) is 2. The summed E-state index contributed by atoms with van der Waals surface area (Å²) in [6.45, 7) is 6.63. The summed E-state index contributed by atoms with van der Waals surface area (Å²) in [5.74, 6) is -6.13. The van der Waals surface area contributed by atoms with Gasteiger partial charge in [0.15, 0.2) is 0 Å². The van der Waals surface area contributed by atoms with Crippen molar-refractivity contribution >= 4 is 100.0 Å². The third kappa shape index (κ3) is 87.0. The standard InChI is InChI=1S/C22H34O14.C22H32O12.3CH4P.3K/c23-17(24)5-7-21(29)35-15-11-31-9-13-33-19(27)3-1-2-4-20(28)34-14-10-32-12-16-36-22(30)8-6-18(25)26;23-9-3-7-21(27)33-17-13-29-11-15-31-19(25)5-1-2-6-20(26)32-16-12-30-14-18-34-22(28)8-4-10-24;3*1-2;;;/h1-16H2,(H,23,24)(H,25,26);1-8,11-18H2;3*2H,1H3;;;/q;-2;3*-1;3*+1. The zero-order valence-electron chi connectivity index (χ0n) is 46.8. The van der Waals surface area contributed by atoms with Crippen LogP contribution in [0.1, 0.15) is 103 Å². The maximum atomic E-state index is 11.6. The molecule has 0 aliphatic heterocycles. The van der Waals surface area contributed by atoms with E-state index in [1.807, 2.05) is 0 Å². The number of aliphatic carboxylic acids is 2. The summed E-state index contributed by atoms with van der Waals surface area (Å²) in [4.78, 5) is 132. The van der Waals surface area contributed by atoms with Crippen LogP contribution in [0.5, 0.6) is 0 Å². The molecule has 0 aromatic heterocycles.